The molecular formula is C22H23N3O4S2. The number of carbonyl (C=O) groups is 1. The average molecular weight is 458 g/mol. The van der Waals surface area contributed by atoms with Gasteiger partial charge in [-0.1, -0.05) is 11.8 Å². The third-order valence-electron chi connectivity index (χ3n) is 5.24. The van der Waals surface area contributed by atoms with Crippen LogP contribution in [-0.4, -0.2) is 48.9 Å². The summed E-state index contributed by atoms with van der Waals surface area (Å²) in [4.78, 5) is 17.2. The molecule has 3 aromatic rings. The fraction of sp³-hybridized carbons (Fsp3) is 0.273. The lowest BCUT2D eigenvalue weighted by molar-refractivity contribution is 0.102. The number of benzene rings is 2. The number of thioether (sulfide) groups is 1. The number of imidazole rings is 1. The quantitative estimate of drug-likeness (QED) is 0.380. The first-order valence-corrected chi connectivity index (χ1v) is 12.5. The Labute approximate surface area is 186 Å². The van der Waals surface area contributed by atoms with Crippen molar-refractivity contribution in [1.82, 2.24) is 9.55 Å². The predicted molar refractivity (Wildman–Crippen MR) is 122 cm³/mol. The van der Waals surface area contributed by atoms with Crippen LogP contribution in [0, 0.1) is 0 Å². The fourth-order valence-corrected chi connectivity index (χ4v) is 5.57. The Morgan fingerprint density at radius 3 is 2.68 bits per heavy atom. The summed E-state index contributed by atoms with van der Waals surface area (Å²) in [6.07, 6.45) is 4.17. The lowest BCUT2D eigenvalue weighted by Crippen LogP contribution is -2.30. The second-order valence-electron chi connectivity index (χ2n) is 7.06. The van der Waals surface area contributed by atoms with E-state index in [1.807, 2.05) is 41.1 Å². The van der Waals surface area contributed by atoms with Crippen LogP contribution in [0.2, 0.25) is 0 Å². The van der Waals surface area contributed by atoms with E-state index in [9.17, 15) is 13.2 Å². The summed E-state index contributed by atoms with van der Waals surface area (Å²) in [5, 5.41) is 0.722. The third kappa shape index (κ3) is 4.33. The lowest BCUT2D eigenvalue weighted by atomic mass is 10.1. The molecule has 0 unspecified atom stereocenters. The van der Waals surface area contributed by atoms with Crippen LogP contribution < -0.4 is 9.04 Å². The Bertz CT molecular complexity index is 1200. The number of methoxy groups -OCH3 is 1. The molecule has 0 N–H and O–H groups in total. The standard InChI is InChI=1S/C22H23N3O4S2/c1-3-31(27,28)25-12-10-16-14-17(4-9-20(16)25)21(26)15-30-22-23-11-13-24(22)18-5-7-19(29-2)8-6-18/h4-9,11,13-14H,3,10,12,15H2,1-2H3. The highest BCUT2D eigenvalue weighted by molar-refractivity contribution is 7.99. The van der Waals surface area contributed by atoms with E-state index < -0.39 is 10.0 Å². The molecule has 9 heteroatoms. The molecule has 2 aromatic carbocycles. The molecule has 0 aliphatic carbocycles. The zero-order valence-electron chi connectivity index (χ0n) is 17.3. The Morgan fingerprint density at radius 1 is 1.19 bits per heavy atom. The number of hydrogen-bond acceptors (Lipinski definition) is 6. The highest BCUT2D eigenvalue weighted by Gasteiger charge is 2.28. The Hall–Kier alpha value is -2.78. The van der Waals surface area contributed by atoms with Gasteiger partial charge in [-0.25, -0.2) is 13.4 Å². The molecule has 0 saturated carbocycles. The number of nitrogens with zero attached hydrogens (tertiary/aromatic N) is 3. The Morgan fingerprint density at radius 2 is 1.97 bits per heavy atom. The van der Waals surface area contributed by atoms with Gasteiger partial charge in [-0.05, 0) is 61.4 Å². The van der Waals surface area contributed by atoms with Gasteiger partial charge in [0.15, 0.2) is 10.9 Å². The smallest absolute Gasteiger partial charge is 0.234 e. The minimum atomic E-state index is -3.29. The normalized spacial score (nSPS) is 13.3. The summed E-state index contributed by atoms with van der Waals surface area (Å²) in [7, 11) is -1.67. The molecule has 0 spiro atoms. The zero-order valence-corrected chi connectivity index (χ0v) is 18.9. The Balaban J connectivity index is 1.47. The summed E-state index contributed by atoms with van der Waals surface area (Å²) < 4.78 is 33.0. The van der Waals surface area contributed by atoms with E-state index >= 15 is 0 Å². The van der Waals surface area contributed by atoms with Gasteiger partial charge in [0, 0.05) is 30.2 Å². The second kappa shape index (κ2) is 8.76. The predicted octanol–water partition coefficient (Wildman–Crippen LogP) is 3.57. The summed E-state index contributed by atoms with van der Waals surface area (Å²) in [6.45, 7) is 2.06. The molecule has 4 rings (SSSR count). The van der Waals surface area contributed by atoms with Crippen LogP contribution >= 0.6 is 11.8 Å². The van der Waals surface area contributed by atoms with Crippen molar-refractivity contribution in [3.8, 4) is 11.4 Å². The van der Waals surface area contributed by atoms with E-state index in [1.165, 1.54) is 16.1 Å². The van der Waals surface area contributed by atoms with Crippen molar-refractivity contribution in [2.75, 3.05) is 29.5 Å². The maximum absolute atomic E-state index is 12.8. The second-order valence-corrected chi connectivity index (χ2v) is 10.2. The van der Waals surface area contributed by atoms with Crippen molar-refractivity contribution in [1.29, 1.82) is 0 Å². The lowest BCUT2D eigenvalue weighted by Gasteiger charge is -2.18. The van der Waals surface area contributed by atoms with Gasteiger partial charge in [0.25, 0.3) is 0 Å². The monoisotopic (exact) mass is 457 g/mol. The first kappa shape index (κ1) is 21.5. The van der Waals surface area contributed by atoms with E-state index in [-0.39, 0.29) is 17.3 Å². The van der Waals surface area contributed by atoms with Crippen LogP contribution in [0.25, 0.3) is 5.69 Å². The van der Waals surface area contributed by atoms with Crippen LogP contribution in [0.1, 0.15) is 22.8 Å². The van der Waals surface area contributed by atoms with Crippen LogP contribution in [-0.2, 0) is 16.4 Å². The molecule has 0 bridgehead atoms. The maximum atomic E-state index is 12.8. The molecule has 7 nitrogen and oxygen atoms in total. The van der Waals surface area contributed by atoms with Gasteiger partial charge in [-0.15, -0.1) is 0 Å². The number of rotatable bonds is 8. The molecule has 1 aromatic heterocycles. The van der Waals surface area contributed by atoms with Crippen molar-refractivity contribution in [2.45, 2.75) is 18.5 Å². The number of Topliss-reactive ketones (excluding diaryl/α,β-unsaturated/α-hetero) is 1. The molecule has 0 radical (unpaired) electrons. The fourth-order valence-electron chi connectivity index (χ4n) is 3.54. The molecular weight excluding hydrogens is 434 g/mol. The summed E-state index contributed by atoms with van der Waals surface area (Å²) in [5.74, 6) is 1.05. The van der Waals surface area contributed by atoms with Crippen molar-refractivity contribution in [3.05, 3.63) is 66.0 Å². The van der Waals surface area contributed by atoms with Gasteiger partial charge >= 0.3 is 0 Å². The largest absolute Gasteiger partial charge is 0.497 e. The number of hydrogen-bond donors (Lipinski definition) is 0. The van der Waals surface area contributed by atoms with E-state index in [4.69, 9.17) is 4.74 Å². The molecule has 0 atom stereocenters. The van der Waals surface area contributed by atoms with Crippen molar-refractivity contribution in [2.24, 2.45) is 0 Å². The van der Waals surface area contributed by atoms with E-state index in [0.717, 1.165) is 22.2 Å². The van der Waals surface area contributed by atoms with Gasteiger partial charge in [0.05, 0.1) is 24.3 Å². The molecule has 2 heterocycles. The Kier molecular flexibility index (Phi) is 6.06. The number of sulfonamides is 1. The van der Waals surface area contributed by atoms with Crippen molar-refractivity contribution >= 4 is 33.3 Å². The number of ketones is 1. The summed E-state index contributed by atoms with van der Waals surface area (Å²) in [5.41, 5.74) is 3.10. The van der Waals surface area contributed by atoms with Crippen LogP contribution in [0.4, 0.5) is 5.69 Å². The number of anilines is 1. The molecule has 162 valence electrons. The highest BCUT2D eigenvalue weighted by atomic mass is 32.2. The van der Waals surface area contributed by atoms with Gasteiger partial charge in [0.1, 0.15) is 5.75 Å². The van der Waals surface area contributed by atoms with Crippen LogP contribution in [0.15, 0.2) is 60.0 Å². The van der Waals surface area contributed by atoms with Crippen molar-refractivity contribution in [3.63, 3.8) is 0 Å². The zero-order chi connectivity index (χ0) is 22.0. The van der Waals surface area contributed by atoms with Gasteiger partial charge < -0.3 is 4.74 Å². The number of carbonyl (C=O) groups excluding carboxylic acids is 1. The molecule has 1 aliphatic rings. The molecule has 31 heavy (non-hydrogen) atoms. The molecule has 0 saturated heterocycles. The molecule has 0 fully saturated rings. The van der Waals surface area contributed by atoms with Crippen LogP contribution in [0.3, 0.4) is 0 Å². The van der Waals surface area contributed by atoms with Crippen molar-refractivity contribution < 1.29 is 17.9 Å². The van der Waals surface area contributed by atoms with E-state index in [1.54, 1.807) is 32.4 Å². The first-order chi connectivity index (χ1) is 14.9. The third-order valence-corrected chi connectivity index (χ3v) is 7.99. The summed E-state index contributed by atoms with van der Waals surface area (Å²) >= 11 is 1.37. The molecule has 0 amide bonds. The molecule has 1 aliphatic heterocycles. The first-order valence-electron chi connectivity index (χ1n) is 9.90. The van der Waals surface area contributed by atoms with Gasteiger partial charge in [-0.2, -0.15) is 0 Å². The number of aromatic nitrogens is 2. The van der Waals surface area contributed by atoms with Crippen LogP contribution in [0.5, 0.6) is 5.75 Å². The minimum absolute atomic E-state index is 0.0196. The highest BCUT2D eigenvalue weighted by Crippen LogP contribution is 2.32. The van der Waals surface area contributed by atoms with Gasteiger partial charge in [-0.3, -0.25) is 13.7 Å². The number of ether oxygens (including phenoxy) is 1. The SMILES string of the molecule is CCS(=O)(=O)N1CCc2cc(C(=O)CSc3nccn3-c3ccc(OC)cc3)ccc21. The topological polar surface area (TPSA) is 81.5 Å². The number of fused-ring (bicyclic) bond motifs is 1. The van der Waals surface area contributed by atoms with E-state index in [0.29, 0.717) is 24.2 Å². The van der Waals surface area contributed by atoms with Gasteiger partial charge in [0.2, 0.25) is 10.0 Å². The van der Waals surface area contributed by atoms with E-state index in [2.05, 4.69) is 4.98 Å². The minimum Gasteiger partial charge on any atom is -0.497 e. The maximum Gasteiger partial charge on any atom is 0.234 e. The average Bonchev–Trinajstić information content (AvgIpc) is 3.44. The summed E-state index contributed by atoms with van der Waals surface area (Å²) in [6, 6.07) is 12.9.